The number of nitrogens with zero attached hydrogens (tertiary/aromatic N) is 3. The van der Waals surface area contributed by atoms with E-state index in [-0.39, 0.29) is 24.0 Å². The molecule has 0 spiro atoms. The van der Waals surface area contributed by atoms with Gasteiger partial charge in [-0.25, -0.2) is 0 Å². The molecule has 0 aromatic rings. The van der Waals surface area contributed by atoms with Crippen molar-refractivity contribution in [3.8, 4) is 0 Å². The number of guanidine groups is 1. The van der Waals surface area contributed by atoms with E-state index in [1.807, 2.05) is 0 Å². The second kappa shape index (κ2) is 14.0. The van der Waals surface area contributed by atoms with Gasteiger partial charge < -0.3 is 15.5 Å². The molecule has 150 valence electrons. The lowest BCUT2D eigenvalue weighted by atomic mass is 10.0. The van der Waals surface area contributed by atoms with Crippen molar-refractivity contribution >= 4 is 29.9 Å². The number of hydrogen-bond donors (Lipinski definition) is 2. The fourth-order valence-corrected chi connectivity index (χ4v) is 3.25. The van der Waals surface area contributed by atoms with Crippen LogP contribution in [0.25, 0.3) is 0 Å². The zero-order chi connectivity index (χ0) is 17.9. The van der Waals surface area contributed by atoms with Crippen molar-refractivity contribution in [3.05, 3.63) is 0 Å². The van der Waals surface area contributed by atoms with E-state index in [9.17, 15) is 0 Å². The van der Waals surface area contributed by atoms with Gasteiger partial charge in [0.1, 0.15) is 0 Å². The fourth-order valence-electron chi connectivity index (χ4n) is 3.25. The Morgan fingerprint density at radius 3 is 2.08 bits per heavy atom. The summed E-state index contributed by atoms with van der Waals surface area (Å²) >= 11 is 0. The van der Waals surface area contributed by atoms with E-state index in [0.29, 0.717) is 17.9 Å². The Bertz CT molecular complexity index is 350. The van der Waals surface area contributed by atoms with E-state index in [1.54, 1.807) is 0 Å². The smallest absolute Gasteiger partial charge is 0.191 e. The number of piperazine rings is 1. The molecule has 2 N–H and O–H groups in total. The largest absolute Gasteiger partial charge is 0.357 e. The third kappa shape index (κ3) is 9.43. The fraction of sp³-hybridized carbons (Fsp3) is 0.947. The van der Waals surface area contributed by atoms with Gasteiger partial charge in [0.25, 0.3) is 0 Å². The minimum Gasteiger partial charge on any atom is -0.357 e. The number of halogens is 1. The van der Waals surface area contributed by atoms with Crippen LogP contribution in [0, 0.1) is 11.8 Å². The number of likely N-dealkylation sites (N-methyl/N-ethyl adjacent to an activating group) is 1. The van der Waals surface area contributed by atoms with Crippen LogP contribution < -0.4 is 10.6 Å². The highest BCUT2D eigenvalue weighted by molar-refractivity contribution is 14.0. The average molecular weight is 467 g/mol. The molecule has 0 aliphatic carbocycles. The van der Waals surface area contributed by atoms with Crippen molar-refractivity contribution < 1.29 is 0 Å². The molecule has 25 heavy (non-hydrogen) atoms. The molecule has 1 atom stereocenters. The van der Waals surface area contributed by atoms with Crippen molar-refractivity contribution in [3.63, 3.8) is 0 Å². The second-order valence-electron chi connectivity index (χ2n) is 7.43. The molecule has 0 amide bonds. The van der Waals surface area contributed by atoms with Gasteiger partial charge in [-0.3, -0.25) is 9.89 Å². The lowest BCUT2D eigenvalue weighted by Gasteiger charge is -2.40. The maximum Gasteiger partial charge on any atom is 0.191 e. The van der Waals surface area contributed by atoms with Crippen LogP contribution in [-0.2, 0) is 0 Å². The van der Waals surface area contributed by atoms with Crippen LogP contribution in [0.5, 0.6) is 0 Å². The molecule has 1 aliphatic heterocycles. The molecule has 1 fully saturated rings. The highest BCUT2D eigenvalue weighted by atomic mass is 127. The van der Waals surface area contributed by atoms with E-state index in [1.165, 1.54) is 39.0 Å². The highest BCUT2D eigenvalue weighted by Gasteiger charge is 2.25. The number of rotatable bonds is 9. The molecule has 1 saturated heterocycles. The first-order chi connectivity index (χ1) is 11.5. The topological polar surface area (TPSA) is 42.9 Å². The lowest BCUT2D eigenvalue weighted by Crippen LogP contribution is -2.55. The van der Waals surface area contributed by atoms with Crippen molar-refractivity contribution in [2.75, 3.05) is 52.9 Å². The predicted octanol–water partition coefficient (Wildman–Crippen LogP) is 2.87. The molecule has 5 nitrogen and oxygen atoms in total. The first-order valence-corrected chi connectivity index (χ1v) is 9.96. The average Bonchev–Trinajstić information content (AvgIpc) is 2.57. The molecule has 0 aromatic heterocycles. The Hall–Kier alpha value is -0.0800. The van der Waals surface area contributed by atoms with E-state index in [4.69, 9.17) is 4.99 Å². The predicted molar refractivity (Wildman–Crippen MR) is 121 cm³/mol. The van der Waals surface area contributed by atoms with Crippen LogP contribution in [-0.4, -0.2) is 74.7 Å². The Morgan fingerprint density at radius 1 is 1.00 bits per heavy atom. The summed E-state index contributed by atoms with van der Waals surface area (Å²) in [4.78, 5) is 9.87. The third-order valence-corrected chi connectivity index (χ3v) is 5.26. The van der Waals surface area contributed by atoms with Crippen molar-refractivity contribution in [1.29, 1.82) is 0 Å². The lowest BCUT2D eigenvalue weighted by molar-refractivity contribution is 0.0900. The maximum absolute atomic E-state index is 4.81. The van der Waals surface area contributed by atoms with Gasteiger partial charge in [0, 0.05) is 51.9 Å². The van der Waals surface area contributed by atoms with Crippen LogP contribution >= 0.6 is 24.0 Å². The minimum absolute atomic E-state index is 0. The summed E-state index contributed by atoms with van der Waals surface area (Å²) in [6, 6.07) is 0.565. The Morgan fingerprint density at radius 2 is 1.60 bits per heavy atom. The van der Waals surface area contributed by atoms with Crippen LogP contribution in [0.15, 0.2) is 4.99 Å². The zero-order valence-corrected chi connectivity index (χ0v) is 19.7. The quantitative estimate of drug-likeness (QED) is 0.311. The summed E-state index contributed by atoms with van der Waals surface area (Å²) in [5.41, 5.74) is 0. The van der Waals surface area contributed by atoms with Gasteiger partial charge >= 0.3 is 0 Å². The van der Waals surface area contributed by atoms with Crippen LogP contribution in [0.2, 0.25) is 0 Å². The molecule has 1 rings (SSSR count). The Labute approximate surface area is 173 Å². The molecule has 0 saturated carbocycles. The molecule has 1 unspecified atom stereocenters. The van der Waals surface area contributed by atoms with E-state index in [0.717, 1.165) is 25.6 Å². The Balaban J connectivity index is 0.00000576. The summed E-state index contributed by atoms with van der Waals surface area (Å²) < 4.78 is 0. The van der Waals surface area contributed by atoms with Gasteiger partial charge in [-0.05, 0) is 25.8 Å². The van der Waals surface area contributed by atoms with Gasteiger partial charge in [-0.15, -0.1) is 24.0 Å². The van der Waals surface area contributed by atoms with E-state index >= 15 is 0 Å². The maximum atomic E-state index is 4.81. The monoisotopic (exact) mass is 467 g/mol. The standard InChI is InChI=1S/C19H41N5.HI/c1-7-17(8-2)14-21-19(20-9-3)22-15-18(16(4)5)24-12-10-23(6)11-13-24;/h16-18H,7-15H2,1-6H3,(H2,20,21,22);1H. The number of hydrogen-bond acceptors (Lipinski definition) is 3. The van der Waals surface area contributed by atoms with E-state index in [2.05, 4.69) is 62.1 Å². The minimum atomic E-state index is 0. The first kappa shape index (κ1) is 24.9. The second-order valence-corrected chi connectivity index (χ2v) is 7.43. The molecule has 6 heteroatoms. The van der Waals surface area contributed by atoms with Gasteiger partial charge in [0.05, 0.1) is 0 Å². The summed E-state index contributed by atoms with van der Waals surface area (Å²) in [5, 5.41) is 7.00. The molecule has 1 aliphatic rings. The molecule has 0 bridgehead atoms. The van der Waals surface area contributed by atoms with E-state index < -0.39 is 0 Å². The Kier molecular flexibility index (Phi) is 14.0. The van der Waals surface area contributed by atoms with Crippen LogP contribution in [0.4, 0.5) is 0 Å². The van der Waals surface area contributed by atoms with Gasteiger partial charge in [-0.1, -0.05) is 40.5 Å². The number of nitrogens with one attached hydrogen (secondary N) is 2. The third-order valence-electron chi connectivity index (χ3n) is 5.26. The van der Waals surface area contributed by atoms with Crippen molar-refractivity contribution in [2.24, 2.45) is 16.8 Å². The van der Waals surface area contributed by atoms with Gasteiger partial charge in [-0.2, -0.15) is 0 Å². The highest BCUT2D eigenvalue weighted by Crippen LogP contribution is 2.13. The molecule has 0 aromatic carbocycles. The summed E-state index contributed by atoms with van der Waals surface area (Å²) in [6.45, 7) is 18.8. The molecular formula is C19H42IN5. The van der Waals surface area contributed by atoms with Gasteiger partial charge in [0.2, 0.25) is 0 Å². The van der Waals surface area contributed by atoms with Crippen LogP contribution in [0.1, 0.15) is 47.5 Å². The first-order valence-electron chi connectivity index (χ1n) is 9.96. The zero-order valence-electron chi connectivity index (χ0n) is 17.3. The molecule has 1 heterocycles. The summed E-state index contributed by atoms with van der Waals surface area (Å²) in [7, 11) is 2.22. The molecule has 0 radical (unpaired) electrons. The van der Waals surface area contributed by atoms with Crippen molar-refractivity contribution in [2.45, 2.75) is 53.5 Å². The van der Waals surface area contributed by atoms with Crippen molar-refractivity contribution in [1.82, 2.24) is 20.4 Å². The molecular weight excluding hydrogens is 425 g/mol. The van der Waals surface area contributed by atoms with Gasteiger partial charge in [0.15, 0.2) is 5.96 Å². The normalized spacial score (nSPS) is 18.3. The number of aliphatic imine (C=N–C) groups is 1. The summed E-state index contributed by atoms with van der Waals surface area (Å²) in [6.07, 6.45) is 2.41. The van der Waals surface area contributed by atoms with Crippen LogP contribution in [0.3, 0.4) is 0 Å². The SMILES string of the molecule is CCNC(=NCC(CC)CC)NCC(C(C)C)N1CCN(C)CC1.I. The summed E-state index contributed by atoms with van der Waals surface area (Å²) in [5.74, 6) is 2.31.